The molecule has 0 fully saturated rings. The van der Waals surface area contributed by atoms with Crippen LogP contribution in [0.15, 0.2) is 41.4 Å². The first-order chi connectivity index (χ1) is 12.7. The zero-order valence-corrected chi connectivity index (χ0v) is 16.9. The van der Waals surface area contributed by atoms with Crippen molar-refractivity contribution >= 4 is 41.0 Å². The molecule has 1 amide bonds. The number of aryl methyl sites for hydroxylation is 2. The number of para-hydroxylation sites is 1. The molecule has 0 saturated heterocycles. The number of carbonyl (C=O) groups excluding carboxylic acids is 1. The maximum atomic E-state index is 12.2. The number of thioether (sulfide) groups is 1. The lowest BCUT2D eigenvalue weighted by Gasteiger charge is -2.03. The molecule has 1 aliphatic heterocycles. The van der Waals surface area contributed by atoms with E-state index in [2.05, 4.69) is 44.7 Å². The van der Waals surface area contributed by atoms with Gasteiger partial charge < -0.3 is 15.2 Å². The lowest BCUT2D eigenvalue weighted by molar-refractivity contribution is -0.118. The molecule has 3 aromatic rings. The lowest BCUT2D eigenvalue weighted by atomic mass is 10.2. The molecule has 1 aliphatic rings. The lowest BCUT2D eigenvalue weighted by Crippen LogP contribution is -2.24. The summed E-state index contributed by atoms with van der Waals surface area (Å²) in [6.45, 7) is 3.29. The summed E-state index contributed by atoms with van der Waals surface area (Å²) in [7, 11) is 2.03. The Morgan fingerprint density at radius 1 is 1.37 bits per heavy atom. The fraction of sp³-hybridized carbons (Fsp3) is 0.368. The first-order valence-corrected chi connectivity index (χ1v) is 9.89. The zero-order chi connectivity index (χ0) is 17.9. The molecule has 8 heteroatoms. The van der Waals surface area contributed by atoms with Crippen LogP contribution in [0.3, 0.4) is 0 Å². The fourth-order valence-corrected chi connectivity index (χ4v) is 4.26. The van der Waals surface area contributed by atoms with Crippen molar-refractivity contribution in [3.8, 4) is 0 Å². The fourth-order valence-electron chi connectivity index (χ4n) is 3.31. The van der Waals surface area contributed by atoms with Crippen molar-refractivity contribution in [3.63, 3.8) is 0 Å². The van der Waals surface area contributed by atoms with E-state index in [1.165, 1.54) is 16.6 Å². The Kier molecular flexibility index (Phi) is 6.46. The van der Waals surface area contributed by atoms with Crippen LogP contribution in [0.2, 0.25) is 0 Å². The van der Waals surface area contributed by atoms with Crippen LogP contribution in [0, 0.1) is 0 Å². The van der Waals surface area contributed by atoms with Crippen molar-refractivity contribution in [3.05, 3.63) is 47.9 Å². The van der Waals surface area contributed by atoms with Crippen LogP contribution in [-0.2, 0) is 31.5 Å². The highest BCUT2D eigenvalue weighted by molar-refractivity contribution is 8.00. The van der Waals surface area contributed by atoms with Crippen LogP contribution < -0.4 is 10.6 Å². The Morgan fingerprint density at radius 2 is 2.22 bits per heavy atom. The number of rotatable bonds is 5. The van der Waals surface area contributed by atoms with Crippen molar-refractivity contribution in [1.29, 1.82) is 0 Å². The van der Waals surface area contributed by atoms with E-state index < -0.39 is 0 Å². The smallest absolute Gasteiger partial charge is 0.230 e. The van der Waals surface area contributed by atoms with E-state index >= 15 is 0 Å². The zero-order valence-electron chi connectivity index (χ0n) is 15.3. The van der Waals surface area contributed by atoms with Gasteiger partial charge in [0, 0.05) is 42.1 Å². The summed E-state index contributed by atoms with van der Waals surface area (Å²) in [5.41, 5.74) is 3.30. The van der Waals surface area contributed by atoms with E-state index in [4.69, 9.17) is 0 Å². The number of fused-ring (bicyclic) bond motifs is 2. The molecule has 144 valence electrons. The molecule has 6 nitrogen and oxygen atoms in total. The van der Waals surface area contributed by atoms with Crippen LogP contribution in [0.5, 0.6) is 0 Å². The van der Waals surface area contributed by atoms with Crippen molar-refractivity contribution in [2.75, 3.05) is 12.3 Å². The molecule has 3 heterocycles. The van der Waals surface area contributed by atoms with E-state index in [0.717, 1.165) is 36.6 Å². The Labute approximate surface area is 169 Å². The topological polar surface area (TPSA) is 63.9 Å². The highest BCUT2D eigenvalue weighted by Crippen LogP contribution is 2.29. The van der Waals surface area contributed by atoms with Crippen molar-refractivity contribution < 1.29 is 4.79 Å². The summed E-state index contributed by atoms with van der Waals surface area (Å²) in [5, 5.41) is 12.2. The third-order valence-corrected chi connectivity index (χ3v) is 5.67. The predicted octanol–water partition coefficient (Wildman–Crippen LogP) is 2.70. The van der Waals surface area contributed by atoms with Crippen LogP contribution >= 0.6 is 24.2 Å². The number of benzene rings is 1. The summed E-state index contributed by atoms with van der Waals surface area (Å²) in [6, 6.07) is 10.3. The Balaban J connectivity index is 0.00000210. The van der Waals surface area contributed by atoms with Crippen molar-refractivity contribution in [2.24, 2.45) is 7.05 Å². The standard InChI is InChI=1S/C19H23N5OS.ClH/c1-23-12-18(16-5-2-3-6-17(16)23)26-13-19(25)21-10-14-9-15-11-20-7-4-8-24(15)22-14;/h2-3,5-6,9,12,20H,4,7-8,10-11,13H2,1H3,(H,21,25);1H. The number of amides is 1. The highest BCUT2D eigenvalue weighted by Gasteiger charge is 2.12. The van der Waals surface area contributed by atoms with E-state index in [1.807, 2.05) is 23.9 Å². The minimum absolute atomic E-state index is 0. The maximum absolute atomic E-state index is 12.2. The number of nitrogens with zero attached hydrogens (tertiary/aromatic N) is 3. The van der Waals surface area contributed by atoms with Gasteiger partial charge in [-0.15, -0.1) is 24.2 Å². The second kappa shape index (κ2) is 8.82. The van der Waals surface area contributed by atoms with E-state index in [0.29, 0.717) is 12.3 Å². The molecular formula is C19H24ClN5OS. The van der Waals surface area contributed by atoms with Gasteiger partial charge in [0.05, 0.1) is 23.7 Å². The van der Waals surface area contributed by atoms with Crippen LogP contribution in [0.4, 0.5) is 0 Å². The van der Waals surface area contributed by atoms with Gasteiger partial charge in [0.25, 0.3) is 0 Å². The quantitative estimate of drug-likeness (QED) is 0.640. The summed E-state index contributed by atoms with van der Waals surface area (Å²) in [5.74, 6) is 0.438. The molecule has 0 unspecified atom stereocenters. The number of halogens is 1. The van der Waals surface area contributed by atoms with Crippen LogP contribution in [0.1, 0.15) is 17.8 Å². The normalized spacial score (nSPS) is 13.7. The molecule has 2 aromatic heterocycles. The molecule has 2 N–H and O–H groups in total. The van der Waals surface area contributed by atoms with Gasteiger partial charge in [0.2, 0.25) is 5.91 Å². The van der Waals surface area contributed by atoms with E-state index in [9.17, 15) is 4.79 Å². The molecule has 1 aromatic carbocycles. The highest BCUT2D eigenvalue weighted by atomic mass is 35.5. The summed E-state index contributed by atoms with van der Waals surface area (Å²) < 4.78 is 4.15. The minimum atomic E-state index is 0. The average molecular weight is 406 g/mol. The van der Waals surface area contributed by atoms with E-state index in [1.54, 1.807) is 11.8 Å². The van der Waals surface area contributed by atoms with Crippen LogP contribution in [-0.4, -0.2) is 32.6 Å². The maximum Gasteiger partial charge on any atom is 0.230 e. The van der Waals surface area contributed by atoms with Gasteiger partial charge in [-0.2, -0.15) is 5.10 Å². The SMILES string of the molecule is Cl.Cn1cc(SCC(=O)NCc2cc3n(n2)CCCNC3)c2ccccc21. The van der Waals surface area contributed by atoms with Gasteiger partial charge >= 0.3 is 0 Å². The summed E-state index contributed by atoms with van der Waals surface area (Å²) >= 11 is 1.58. The average Bonchev–Trinajstić information content (AvgIpc) is 3.11. The van der Waals surface area contributed by atoms with Crippen LogP contribution in [0.25, 0.3) is 10.9 Å². The van der Waals surface area contributed by atoms with E-state index in [-0.39, 0.29) is 18.3 Å². The largest absolute Gasteiger partial charge is 0.350 e. The van der Waals surface area contributed by atoms with Gasteiger partial charge in [0.1, 0.15) is 0 Å². The molecule has 0 radical (unpaired) electrons. The Hall–Kier alpha value is -1.96. The third kappa shape index (κ3) is 4.48. The Bertz CT molecular complexity index is 912. The molecule has 0 atom stereocenters. The van der Waals surface area contributed by atoms with Gasteiger partial charge in [0.15, 0.2) is 0 Å². The second-order valence-electron chi connectivity index (χ2n) is 6.57. The third-order valence-electron chi connectivity index (χ3n) is 4.63. The van der Waals surface area contributed by atoms with Gasteiger partial charge in [-0.3, -0.25) is 9.48 Å². The predicted molar refractivity (Wildman–Crippen MR) is 111 cm³/mol. The molecule has 0 saturated carbocycles. The first kappa shape index (κ1) is 19.8. The van der Waals surface area contributed by atoms with Gasteiger partial charge in [-0.05, 0) is 25.1 Å². The monoisotopic (exact) mass is 405 g/mol. The second-order valence-corrected chi connectivity index (χ2v) is 7.58. The first-order valence-electron chi connectivity index (χ1n) is 8.90. The molecule has 27 heavy (non-hydrogen) atoms. The molecule has 0 aliphatic carbocycles. The van der Waals surface area contributed by atoms with Crippen molar-refractivity contribution in [1.82, 2.24) is 25.0 Å². The molecule has 0 spiro atoms. The molecular weight excluding hydrogens is 382 g/mol. The van der Waals surface area contributed by atoms with Gasteiger partial charge in [-0.25, -0.2) is 0 Å². The van der Waals surface area contributed by atoms with Crippen molar-refractivity contribution in [2.45, 2.75) is 31.0 Å². The number of hydrogen-bond acceptors (Lipinski definition) is 4. The number of aromatic nitrogens is 3. The number of hydrogen-bond donors (Lipinski definition) is 2. The minimum Gasteiger partial charge on any atom is -0.350 e. The Morgan fingerprint density at radius 3 is 3.11 bits per heavy atom. The number of nitrogens with one attached hydrogen (secondary N) is 2. The number of carbonyl (C=O) groups is 1. The summed E-state index contributed by atoms with van der Waals surface area (Å²) in [6.07, 6.45) is 3.17. The summed E-state index contributed by atoms with van der Waals surface area (Å²) in [4.78, 5) is 13.4. The van der Waals surface area contributed by atoms with Gasteiger partial charge in [-0.1, -0.05) is 18.2 Å². The molecule has 0 bridgehead atoms. The molecule has 4 rings (SSSR count).